The molecule has 1 amide bonds. The Balaban J connectivity index is 1.43. The average Bonchev–Trinajstić information content (AvgIpc) is 3.42. The highest BCUT2D eigenvalue weighted by Gasteiger charge is 2.15. The van der Waals surface area contributed by atoms with Crippen molar-refractivity contribution in [2.45, 2.75) is 27.1 Å². The van der Waals surface area contributed by atoms with Crippen LogP contribution in [0.4, 0.5) is 0 Å². The molecule has 1 N–H and O–H groups in total. The van der Waals surface area contributed by atoms with E-state index in [0.29, 0.717) is 18.9 Å². The van der Waals surface area contributed by atoms with Crippen LogP contribution in [-0.2, 0) is 13.2 Å². The summed E-state index contributed by atoms with van der Waals surface area (Å²) in [6.45, 7) is 4.78. The minimum absolute atomic E-state index is 0.225. The van der Waals surface area contributed by atoms with Gasteiger partial charge < -0.3 is 5.32 Å². The van der Waals surface area contributed by atoms with Crippen LogP contribution in [0.25, 0.3) is 5.69 Å². The number of rotatable bonds is 6. The number of carbonyl (C=O) groups excluding carboxylic acids is 1. The van der Waals surface area contributed by atoms with Crippen LogP contribution in [0.1, 0.15) is 27.4 Å². The van der Waals surface area contributed by atoms with E-state index in [9.17, 15) is 4.79 Å². The monoisotopic (exact) mass is 453 g/mol. The molecule has 0 fully saturated rings. The quantitative estimate of drug-likeness (QED) is 0.486. The minimum Gasteiger partial charge on any atom is -0.346 e. The number of carbonyl (C=O) groups is 1. The molecule has 0 aliphatic rings. The van der Waals surface area contributed by atoms with Crippen molar-refractivity contribution in [2.24, 2.45) is 0 Å². The largest absolute Gasteiger partial charge is 0.346 e. The molecule has 0 aliphatic heterocycles. The molecule has 148 valence electrons. The predicted molar refractivity (Wildman–Crippen MR) is 112 cm³/mol. The van der Waals surface area contributed by atoms with Gasteiger partial charge in [0.2, 0.25) is 0 Å². The SMILES string of the molecule is Cc1nn(-c2ccccc2)c(C)c1CNC(=O)c1ccn(Cn2cc(Br)cn2)n1. The summed E-state index contributed by atoms with van der Waals surface area (Å²) in [5.74, 6) is -0.225. The number of nitrogens with one attached hydrogen (secondary N) is 1. The van der Waals surface area contributed by atoms with Crippen molar-refractivity contribution in [1.82, 2.24) is 34.7 Å². The number of benzene rings is 1. The number of aromatic nitrogens is 6. The molecule has 4 aromatic rings. The number of aryl methyl sites for hydroxylation is 1. The van der Waals surface area contributed by atoms with E-state index in [1.807, 2.05) is 55.1 Å². The van der Waals surface area contributed by atoms with E-state index in [4.69, 9.17) is 0 Å². The first-order valence-electron chi connectivity index (χ1n) is 9.11. The van der Waals surface area contributed by atoms with Gasteiger partial charge in [0.25, 0.3) is 5.91 Å². The standard InChI is InChI=1S/C20H20BrN7O/c1-14-18(15(2)28(24-14)17-6-4-3-5-7-17)11-22-20(29)19-8-9-26(25-19)13-27-12-16(21)10-23-27/h3-10,12H,11,13H2,1-2H3,(H,22,29). The van der Waals surface area contributed by atoms with E-state index >= 15 is 0 Å². The number of halogens is 1. The van der Waals surface area contributed by atoms with Crippen molar-refractivity contribution in [1.29, 1.82) is 0 Å². The van der Waals surface area contributed by atoms with Gasteiger partial charge in [0, 0.05) is 30.2 Å². The third kappa shape index (κ3) is 4.14. The lowest BCUT2D eigenvalue weighted by Gasteiger charge is -2.06. The zero-order chi connectivity index (χ0) is 20.4. The second-order valence-corrected chi connectivity index (χ2v) is 7.57. The van der Waals surface area contributed by atoms with Gasteiger partial charge in [-0.1, -0.05) is 18.2 Å². The molecular formula is C20H20BrN7O. The van der Waals surface area contributed by atoms with Crippen LogP contribution in [0.5, 0.6) is 0 Å². The summed E-state index contributed by atoms with van der Waals surface area (Å²) >= 11 is 3.36. The molecule has 29 heavy (non-hydrogen) atoms. The van der Waals surface area contributed by atoms with Crippen molar-refractivity contribution in [3.05, 3.63) is 82.1 Å². The summed E-state index contributed by atoms with van der Waals surface area (Å²) in [5, 5.41) is 16.1. The number of para-hydroxylation sites is 1. The van der Waals surface area contributed by atoms with Crippen molar-refractivity contribution in [2.75, 3.05) is 0 Å². The lowest BCUT2D eigenvalue weighted by atomic mass is 10.2. The van der Waals surface area contributed by atoms with Gasteiger partial charge in [0.05, 0.1) is 22.1 Å². The van der Waals surface area contributed by atoms with Crippen LogP contribution < -0.4 is 5.32 Å². The van der Waals surface area contributed by atoms with E-state index in [0.717, 1.165) is 27.1 Å². The van der Waals surface area contributed by atoms with Crippen molar-refractivity contribution < 1.29 is 4.79 Å². The van der Waals surface area contributed by atoms with E-state index in [1.54, 1.807) is 27.8 Å². The van der Waals surface area contributed by atoms with Crippen LogP contribution >= 0.6 is 15.9 Å². The van der Waals surface area contributed by atoms with Gasteiger partial charge in [-0.3, -0.25) is 9.48 Å². The third-order valence-electron chi connectivity index (χ3n) is 4.63. The number of hydrogen-bond donors (Lipinski definition) is 1. The lowest BCUT2D eigenvalue weighted by Crippen LogP contribution is -2.24. The van der Waals surface area contributed by atoms with Crippen LogP contribution in [0.2, 0.25) is 0 Å². The summed E-state index contributed by atoms with van der Waals surface area (Å²) in [6, 6.07) is 11.6. The molecule has 0 bridgehead atoms. The van der Waals surface area contributed by atoms with Gasteiger partial charge in [-0.05, 0) is 48.0 Å². The normalized spacial score (nSPS) is 11.0. The van der Waals surface area contributed by atoms with Gasteiger partial charge in [0.15, 0.2) is 0 Å². The van der Waals surface area contributed by atoms with Gasteiger partial charge in [-0.25, -0.2) is 9.36 Å². The fourth-order valence-corrected chi connectivity index (χ4v) is 3.46. The maximum atomic E-state index is 12.5. The molecule has 3 heterocycles. The first-order valence-corrected chi connectivity index (χ1v) is 9.90. The maximum Gasteiger partial charge on any atom is 0.272 e. The topological polar surface area (TPSA) is 82.6 Å². The highest BCUT2D eigenvalue weighted by Crippen LogP contribution is 2.17. The van der Waals surface area contributed by atoms with Crippen molar-refractivity contribution in [3.63, 3.8) is 0 Å². The molecule has 0 spiro atoms. The Labute approximate surface area is 176 Å². The second-order valence-electron chi connectivity index (χ2n) is 6.66. The first kappa shape index (κ1) is 19.1. The van der Waals surface area contributed by atoms with Crippen LogP contribution in [0.3, 0.4) is 0 Å². The van der Waals surface area contributed by atoms with E-state index < -0.39 is 0 Å². The average molecular weight is 454 g/mol. The Kier molecular flexibility index (Phi) is 5.30. The molecule has 1 aromatic carbocycles. The molecule has 3 aromatic heterocycles. The van der Waals surface area contributed by atoms with Crippen LogP contribution in [0.15, 0.2) is 59.5 Å². The molecule has 0 atom stereocenters. The summed E-state index contributed by atoms with van der Waals surface area (Å²) in [7, 11) is 0. The highest BCUT2D eigenvalue weighted by molar-refractivity contribution is 9.10. The lowest BCUT2D eigenvalue weighted by molar-refractivity contribution is 0.0945. The molecule has 0 saturated heterocycles. The van der Waals surface area contributed by atoms with Gasteiger partial charge in [-0.15, -0.1) is 0 Å². The Hall–Kier alpha value is -3.20. The molecule has 4 rings (SSSR count). The van der Waals surface area contributed by atoms with E-state index in [-0.39, 0.29) is 5.91 Å². The zero-order valence-corrected chi connectivity index (χ0v) is 17.7. The van der Waals surface area contributed by atoms with Gasteiger partial charge >= 0.3 is 0 Å². The molecule has 0 radical (unpaired) electrons. The maximum absolute atomic E-state index is 12.5. The fourth-order valence-electron chi connectivity index (χ4n) is 3.14. The predicted octanol–water partition coefficient (Wildman–Crippen LogP) is 3.08. The van der Waals surface area contributed by atoms with Gasteiger partial charge in [-0.2, -0.15) is 15.3 Å². The number of nitrogens with zero attached hydrogens (tertiary/aromatic N) is 6. The van der Waals surface area contributed by atoms with Crippen molar-refractivity contribution >= 4 is 21.8 Å². The Morgan fingerprint density at radius 2 is 1.90 bits per heavy atom. The van der Waals surface area contributed by atoms with Crippen molar-refractivity contribution in [3.8, 4) is 5.69 Å². The molecule has 9 heteroatoms. The van der Waals surface area contributed by atoms with E-state index in [2.05, 4.69) is 36.5 Å². The molecule has 0 saturated carbocycles. The van der Waals surface area contributed by atoms with Crippen LogP contribution in [0, 0.1) is 13.8 Å². The fraction of sp³-hybridized carbons (Fsp3) is 0.200. The first-order chi connectivity index (χ1) is 14.0. The summed E-state index contributed by atoms with van der Waals surface area (Å²) in [5.41, 5.74) is 4.25. The second kappa shape index (κ2) is 8.04. The molecule has 0 unspecified atom stereocenters. The summed E-state index contributed by atoms with van der Waals surface area (Å²) in [6.07, 6.45) is 5.31. The minimum atomic E-state index is -0.225. The molecular weight excluding hydrogens is 434 g/mol. The van der Waals surface area contributed by atoms with Gasteiger partial charge in [0.1, 0.15) is 12.4 Å². The third-order valence-corrected chi connectivity index (χ3v) is 5.04. The molecule has 8 nitrogen and oxygen atoms in total. The Morgan fingerprint density at radius 1 is 1.10 bits per heavy atom. The van der Waals surface area contributed by atoms with Crippen LogP contribution in [-0.4, -0.2) is 35.2 Å². The summed E-state index contributed by atoms with van der Waals surface area (Å²) < 4.78 is 6.18. The number of amides is 1. The number of hydrogen-bond acceptors (Lipinski definition) is 4. The van der Waals surface area contributed by atoms with E-state index in [1.165, 1.54) is 0 Å². The Morgan fingerprint density at radius 3 is 2.62 bits per heavy atom. The zero-order valence-electron chi connectivity index (χ0n) is 16.1. The molecule has 0 aliphatic carbocycles. The Bertz CT molecular complexity index is 1140. The highest BCUT2D eigenvalue weighted by atomic mass is 79.9. The smallest absolute Gasteiger partial charge is 0.272 e. The summed E-state index contributed by atoms with van der Waals surface area (Å²) in [4.78, 5) is 12.5.